The molecule has 4 rings (SSSR count). The molecule has 1 aliphatic rings. The van der Waals surface area contributed by atoms with Gasteiger partial charge in [0.15, 0.2) is 11.5 Å². The fourth-order valence-corrected chi connectivity index (χ4v) is 3.58. The van der Waals surface area contributed by atoms with Crippen LogP contribution >= 0.6 is 11.6 Å². The summed E-state index contributed by atoms with van der Waals surface area (Å²) < 4.78 is 37.3. The summed E-state index contributed by atoms with van der Waals surface area (Å²) in [5, 5.41) is 4.53. The molecule has 1 N–H and O–H groups in total. The molecule has 1 aromatic carbocycles. The van der Waals surface area contributed by atoms with Crippen LogP contribution in [0.5, 0.6) is 11.5 Å². The number of halogens is 3. The largest absolute Gasteiger partial charge is 0.586 e. The molecule has 0 spiro atoms. The Morgan fingerprint density at radius 3 is 2.70 bits per heavy atom. The lowest BCUT2D eigenvalue weighted by Gasteiger charge is -2.07. The number of pyridine rings is 1. The van der Waals surface area contributed by atoms with Crippen LogP contribution in [0, 0.1) is 0 Å². The zero-order valence-electron chi connectivity index (χ0n) is 16.5. The van der Waals surface area contributed by atoms with Crippen LogP contribution in [0.15, 0.2) is 36.7 Å². The molecular weight excluding hydrogens is 416 g/mol. The van der Waals surface area contributed by atoms with E-state index in [1.807, 2.05) is 26.1 Å². The topological polar surface area (TPSA) is 65.4 Å². The van der Waals surface area contributed by atoms with Gasteiger partial charge < -0.3 is 19.6 Å². The lowest BCUT2D eigenvalue weighted by atomic mass is 10.1. The minimum atomic E-state index is -3.64. The summed E-state index contributed by atoms with van der Waals surface area (Å²) in [5.74, 6) is -0.0107. The average molecular weight is 438 g/mol. The number of unbranched alkanes of at least 4 members (excludes halogenated alkanes) is 2. The number of nitrogens with zero attached hydrogens (tertiary/aromatic N) is 2. The first kappa shape index (κ1) is 22.0. The highest BCUT2D eigenvalue weighted by Gasteiger charge is 2.43. The maximum atomic E-state index is 13.3. The van der Waals surface area contributed by atoms with Gasteiger partial charge in [-0.15, -0.1) is 8.78 Å². The van der Waals surface area contributed by atoms with Crippen molar-refractivity contribution in [2.24, 2.45) is 0 Å². The molecule has 0 unspecified atom stereocenters. The number of carbonyl (C=O) groups excluding carboxylic acids is 1. The standard InChI is InChI=1S/C20H20ClF2N3O2.CH2O/c1-24-8-4-2-3-5-13-9-15-16(21)12-26(19(15)25-11-13)14-6-7-17-18(10-14)28-20(22,23)27-17;1-2/h6-7,9-12,24H,2-5,8H2,1H3;1H2. The molecule has 0 bridgehead atoms. The quantitative estimate of drug-likeness (QED) is 0.540. The van der Waals surface area contributed by atoms with E-state index in [0.29, 0.717) is 16.4 Å². The summed E-state index contributed by atoms with van der Waals surface area (Å²) in [6, 6.07) is 6.64. The van der Waals surface area contributed by atoms with E-state index < -0.39 is 6.29 Å². The normalized spacial score (nSPS) is 13.9. The van der Waals surface area contributed by atoms with E-state index in [0.717, 1.165) is 43.2 Å². The van der Waals surface area contributed by atoms with Gasteiger partial charge >= 0.3 is 6.29 Å². The van der Waals surface area contributed by atoms with E-state index in [1.54, 1.807) is 16.8 Å². The van der Waals surface area contributed by atoms with Gasteiger partial charge in [0.2, 0.25) is 0 Å². The number of carbonyl (C=O) groups is 1. The van der Waals surface area contributed by atoms with Crippen molar-refractivity contribution in [3.63, 3.8) is 0 Å². The SMILES string of the molecule is C=O.CNCCCCCc1cnc2c(c1)c(Cl)cn2-c1ccc2c(c1)OC(F)(F)O2. The molecule has 3 aromatic rings. The molecule has 0 aliphatic carbocycles. The summed E-state index contributed by atoms with van der Waals surface area (Å²) in [7, 11) is 1.95. The number of hydrogen-bond acceptors (Lipinski definition) is 5. The Kier molecular flexibility index (Phi) is 6.89. The lowest BCUT2D eigenvalue weighted by Crippen LogP contribution is -2.25. The van der Waals surface area contributed by atoms with Gasteiger partial charge in [-0.3, -0.25) is 4.57 Å². The first-order chi connectivity index (χ1) is 14.5. The van der Waals surface area contributed by atoms with Crippen molar-refractivity contribution in [1.29, 1.82) is 0 Å². The van der Waals surface area contributed by atoms with Crippen molar-refractivity contribution in [3.05, 3.63) is 47.2 Å². The number of alkyl halides is 2. The highest BCUT2D eigenvalue weighted by atomic mass is 35.5. The van der Waals surface area contributed by atoms with Gasteiger partial charge in [0.1, 0.15) is 12.4 Å². The Bertz CT molecular complexity index is 1030. The highest BCUT2D eigenvalue weighted by molar-refractivity contribution is 6.35. The number of nitrogens with one attached hydrogen (secondary N) is 1. The maximum absolute atomic E-state index is 13.3. The van der Waals surface area contributed by atoms with Crippen LogP contribution in [0.4, 0.5) is 8.78 Å². The fourth-order valence-electron chi connectivity index (χ4n) is 3.34. The van der Waals surface area contributed by atoms with Gasteiger partial charge in [-0.1, -0.05) is 18.0 Å². The Morgan fingerprint density at radius 2 is 1.93 bits per heavy atom. The second-order valence-electron chi connectivity index (χ2n) is 6.77. The fraction of sp³-hybridized carbons (Fsp3) is 0.333. The number of fused-ring (bicyclic) bond motifs is 2. The third kappa shape index (κ3) is 4.71. The van der Waals surface area contributed by atoms with Gasteiger partial charge in [0.25, 0.3) is 0 Å². The highest BCUT2D eigenvalue weighted by Crippen LogP contribution is 2.42. The van der Waals surface area contributed by atoms with Crippen molar-refractivity contribution < 1.29 is 23.0 Å². The van der Waals surface area contributed by atoms with Crippen molar-refractivity contribution >= 4 is 29.4 Å². The van der Waals surface area contributed by atoms with Gasteiger partial charge in [0, 0.05) is 23.8 Å². The van der Waals surface area contributed by atoms with Crippen LogP contribution in [0.25, 0.3) is 16.7 Å². The minimum absolute atomic E-state index is 0.00447. The minimum Gasteiger partial charge on any atom is -0.395 e. The predicted molar refractivity (Wildman–Crippen MR) is 111 cm³/mol. The monoisotopic (exact) mass is 437 g/mol. The number of aromatic nitrogens is 2. The van der Waals surface area contributed by atoms with E-state index in [1.165, 1.54) is 12.1 Å². The van der Waals surface area contributed by atoms with Crippen molar-refractivity contribution in [1.82, 2.24) is 14.9 Å². The molecule has 0 atom stereocenters. The molecule has 6 nitrogen and oxygen atoms in total. The van der Waals surface area contributed by atoms with Crippen LogP contribution in [0.1, 0.15) is 24.8 Å². The van der Waals surface area contributed by atoms with E-state index >= 15 is 0 Å². The number of ether oxygens (including phenoxy) is 2. The molecule has 9 heteroatoms. The number of aryl methyl sites for hydroxylation is 1. The van der Waals surface area contributed by atoms with Crippen LogP contribution in [-0.4, -0.2) is 36.2 Å². The van der Waals surface area contributed by atoms with Gasteiger partial charge in [-0.2, -0.15) is 0 Å². The summed E-state index contributed by atoms with van der Waals surface area (Å²) in [6.07, 6.45) is 4.25. The van der Waals surface area contributed by atoms with Gasteiger partial charge in [-0.25, -0.2) is 4.98 Å². The molecule has 3 heterocycles. The summed E-state index contributed by atoms with van der Waals surface area (Å²) in [5.41, 5.74) is 2.40. The van der Waals surface area contributed by atoms with Crippen LogP contribution in [0.3, 0.4) is 0 Å². The molecular formula is C21H22ClF2N3O3. The molecule has 1 aliphatic heterocycles. The van der Waals surface area contributed by atoms with Crippen molar-refractivity contribution in [2.75, 3.05) is 13.6 Å². The Labute approximate surface area is 177 Å². The molecule has 0 fully saturated rings. The first-order valence-corrected chi connectivity index (χ1v) is 9.84. The maximum Gasteiger partial charge on any atom is 0.586 e. The Balaban J connectivity index is 0.00000124. The summed E-state index contributed by atoms with van der Waals surface area (Å²) in [4.78, 5) is 12.6. The van der Waals surface area contributed by atoms with Crippen LogP contribution < -0.4 is 14.8 Å². The van der Waals surface area contributed by atoms with E-state index in [2.05, 4.69) is 19.8 Å². The third-order valence-corrected chi connectivity index (χ3v) is 5.01. The average Bonchev–Trinajstić information content (AvgIpc) is 3.23. The van der Waals surface area contributed by atoms with Crippen molar-refractivity contribution in [2.45, 2.75) is 32.0 Å². The van der Waals surface area contributed by atoms with Crippen molar-refractivity contribution in [3.8, 4) is 17.2 Å². The van der Waals surface area contributed by atoms with E-state index in [4.69, 9.17) is 16.4 Å². The van der Waals surface area contributed by atoms with E-state index in [-0.39, 0.29) is 11.5 Å². The van der Waals surface area contributed by atoms with E-state index in [9.17, 15) is 8.78 Å². The lowest BCUT2D eigenvalue weighted by molar-refractivity contribution is -0.286. The summed E-state index contributed by atoms with van der Waals surface area (Å²) in [6.45, 7) is 3.02. The second kappa shape index (κ2) is 9.40. The second-order valence-corrected chi connectivity index (χ2v) is 7.18. The number of hydrogen-bond donors (Lipinski definition) is 1. The molecule has 2 aromatic heterocycles. The zero-order valence-corrected chi connectivity index (χ0v) is 17.2. The Hall–Kier alpha value is -2.71. The molecule has 0 amide bonds. The zero-order chi connectivity index (χ0) is 21.7. The number of benzene rings is 1. The van der Waals surface area contributed by atoms with Crippen LogP contribution in [-0.2, 0) is 11.2 Å². The molecule has 0 saturated heterocycles. The number of rotatable bonds is 7. The predicted octanol–water partition coefficient (Wildman–Crippen LogP) is 4.75. The molecule has 0 radical (unpaired) electrons. The third-order valence-electron chi connectivity index (χ3n) is 4.71. The molecule has 160 valence electrons. The molecule has 30 heavy (non-hydrogen) atoms. The summed E-state index contributed by atoms with van der Waals surface area (Å²) >= 11 is 6.42. The smallest absolute Gasteiger partial charge is 0.395 e. The molecule has 0 saturated carbocycles. The van der Waals surface area contributed by atoms with Crippen LogP contribution in [0.2, 0.25) is 5.02 Å². The van der Waals surface area contributed by atoms with Gasteiger partial charge in [-0.05, 0) is 56.6 Å². The Morgan fingerprint density at radius 1 is 1.17 bits per heavy atom. The van der Waals surface area contributed by atoms with Gasteiger partial charge in [0.05, 0.1) is 10.7 Å². The first-order valence-electron chi connectivity index (χ1n) is 9.46.